The molecular formula is C18H24N2O5. The molecule has 3 rings (SSSR count). The van der Waals surface area contributed by atoms with E-state index in [0.29, 0.717) is 37.6 Å². The third-order valence-electron chi connectivity index (χ3n) is 4.87. The summed E-state index contributed by atoms with van der Waals surface area (Å²) in [5, 5.41) is 2.87. The summed E-state index contributed by atoms with van der Waals surface area (Å²) in [6.45, 7) is 4.47. The van der Waals surface area contributed by atoms with Gasteiger partial charge in [0, 0.05) is 24.7 Å². The molecule has 2 fully saturated rings. The van der Waals surface area contributed by atoms with Crippen LogP contribution in [0.25, 0.3) is 0 Å². The quantitative estimate of drug-likeness (QED) is 0.849. The summed E-state index contributed by atoms with van der Waals surface area (Å²) in [7, 11) is 1.34. The normalized spacial score (nSPS) is 22.5. The predicted octanol–water partition coefficient (Wildman–Crippen LogP) is 2.48. The molecule has 0 saturated carbocycles. The molecule has 25 heavy (non-hydrogen) atoms. The van der Waals surface area contributed by atoms with Crippen molar-refractivity contribution < 1.29 is 23.8 Å². The molecule has 7 heteroatoms. The van der Waals surface area contributed by atoms with Crippen molar-refractivity contribution in [3.8, 4) is 0 Å². The van der Waals surface area contributed by atoms with Gasteiger partial charge in [-0.1, -0.05) is 0 Å². The van der Waals surface area contributed by atoms with Gasteiger partial charge < -0.3 is 24.4 Å². The van der Waals surface area contributed by atoms with Gasteiger partial charge in [-0.05, 0) is 44.0 Å². The van der Waals surface area contributed by atoms with E-state index in [4.69, 9.17) is 9.47 Å². The lowest BCUT2D eigenvalue weighted by Gasteiger charge is -2.39. The smallest absolute Gasteiger partial charge is 0.337 e. The summed E-state index contributed by atoms with van der Waals surface area (Å²) in [4.78, 5) is 25.8. The number of benzene rings is 1. The van der Waals surface area contributed by atoms with Crippen molar-refractivity contribution in [2.45, 2.75) is 25.6 Å². The van der Waals surface area contributed by atoms with Crippen LogP contribution in [0.2, 0.25) is 0 Å². The summed E-state index contributed by atoms with van der Waals surface area (Å²) < 4.78 is 16.2. The topological polar surface area (TPSA) is 77.1 Å². The molecule has 2 aliphatic rings. The molecule has 2 saturated heterocycles. The number of likely N-dealkylation sites (tertiary alicyclic amines) is 1. The molecule has 1 N–H and O–H groups in total. The van der Waals surface area contributed by atoms with Crippen LogP contribution in [0.3, 0.4) is 0 Å². The van der Waals surface area contributed by atoms with Crippen LogP contribution in [-0.2, 0) is 14.2 Å². The predicted molar refractivity (Wildman–Crippen MR) is 91.4 cm³/mol. The first-order chi connectivity index (χ1) is 12.0. The zero-order chi connectivity index (χ0) is 17.9. The summed E-state index contributed by atoms with van der Waals surface area (Å²) in [5.74, 6) is -0.834. The second-order valence-corrected chi connectivity index (χ2v) is 6.50. The number of methoxy groups -OCH3 is 1. The number of nitrogens with zero attached hydrogens (tertiary/aromatic N) is 1. The van der Waals surface area contributed by atoms with Crippen molar-refractivity contribution in [1.82, 2.24) is 4.90 Å². The van der Waals surface area contributed by atoms with E-state index < -0.39 is 11.8 Å². The van der Waals surface area contributed by atoms with Gasteiger partial charge in [0.15, 0.2) is 5.79 Å². The van der Waals surface area contributed by atoms with Crippen molar-refractivity contribution in [3.63, 3.8) is 0 Å². The van der Waals surface area contributed by atoms with Crippen LogP contribution in [0.15, 0.2) is 24.3 Å². The van der Waals surface area contributed by atoms with Crippen molar-refractivity contribution >= 4 is 17.7 Å². The Balaban J connectivity index is 1.60. The molecule has 1 atom stereocenters. The number of amides is 2. The third-order valence-corrected chi connectivity index (χ3v) is 4.87. The van der Waals surface area contributed by atoms with E-state index in [-0.39, 0.29) is 11.9 Å². The van der Waals surface area contributed by atoms with E-state index >= 15 is 0 Å². The van der Waals surface area contributed by atoms with Gasteiger partial charge in [0.05, 0.1) is 25.9 Å². The van der Waals surface area contributed by atoms with E-state index in [1.807, 2.05) is 6.92 Å². The Morgan fingerprint density at radius 2 is 1.92 bits per heavy atom. The molecule has 1 aromatic carbocycles. The highest BCUT2D eigenvalue weighted by molar-refractivity contribution is 5.92. The van der Waals surface area contributed by atoms with Crippen molar-refractivity contribution in [2.75, 3.05) is 38.7 Å². The number of hydrogen-bond acceptors (Lipinski definition) is 5. The van der Waals surface area contributed by atoms with Gasteiger partial charge in [0.2, 0.25) is 0 Å². The number of piperidine rings is 1. The van der Waals surface area contributed by atoms with Crippen molar-refractivity contribution in [2.24, 2.45) is 5.92 Å². The zero-order valence-corrected chi connectivity index (χ0v) is 14.6. The van der Waals surface area contributed by atoms with E-state index in [0.717, 1.165) is 12.8 Å². The van der Waals surface area contributed by atoms with Gasteiger partial charge in [-0.25, -0.2) is 9.59 Å². The van der Waals surface area contributed by atoms with Gasteiger partial charge in [-0.2, -0.15) is 0 Å². The van der Waals surface area contributed by atoms with E-state index in [1.54, 1.807) is 29.2 Å². The average Bonchev–Trinajstić information content (AvgIpc) is 3.10. The van der Waals surface area contributed by atoms with Gasteiger partial charge in [-0.3, -0.25) is 0 Å². The van der Waals surface area contributed by atoms with E-state index in [1.165, 1.54) is 7.11 Å². The number of carbonyl (C=O) groups is 2. The first-order valence-corrected chi connectivity index (χ1v) is 8.54. The molecule has 1 aromatic rings. The molecular weight excluding hydrogens is 324 g/mol. The van der Waals surface area contributed by atoms with Crippen LogP contribution >= 0.6 is 0 Å². The number of ether oxygens (including phenoxy) is 3. The second-order valence-electron chi connectivity index (χ2n) is 6.50. The average molecular weight is 348 g/mol. The minimum atomic E-state index is -0.596. The summed E-state index contributed by atoms with van der Waals surface area (Å²) in [6.07, 6.45) is 1.90. The van der Waals surface area contributed by atoms with Gasteiger partial charge in [0.25, 0.3) is 0 Å². The number of nitrogens with one attached hydrogen (secondary N) is 1. The fourth-order valence-corrected chi connectivity index (χ4v) is 3.37. The summed E-state index contributed by atoms with van der Waals surface area (Å²) in [5.41, 5.74) is 1.08. The Kier molecular flexibility index (Phi) is 5.24. The van der Waals surface area contributed by atoms with Gasteiger partial charge >= 0.3 is 12.0 Å². The summed E-state index contributed by atoms with van der Waals surface area (Å²) >= 11 is 0. The second kappa shape index (κ2) is 7.41. The Bertz CT molecular complexity index is 625. The lowest BCUT2D eigenvalue weighted by molar-refractivity contribution is -0.189. The Morgan fingerprint density at radius 3 is 2.56 bits per heavy atom. The number of rotatable bonds is 3. The Labute approximate surface area is 147 Å². The highest BCUT2D eigenvalue weighted by atomic mass is 16.7. The molecule has 0 spiro atoms. The molecule has 2 amide bonds. The van der Waals surface area contributed by atoms with Crippen LogP contribution in [0.1, 0.15) is 30.1 Å². The highest BCUT2D eigenvalue weighted by Gasteiger charge is 2.42. The number of esters is 1. The number of hydrogen-bond donors (Lipinski definition) is 1. The van der Waals surface area contributed by atoms with Gasteiger partial charge in [-0.15, -0.1) is 0 Å². The van der Waals surface area contributed by atoms with Crippen LogP contribution in [0.5, 0.6) is 0 Å². The first-order valence-electron chi connectivity index (χ1n) is 8.54. The van der Waals surface area contributed by atoms with Gasteiger partial charge in [0.1, 0.15) is 0 Å². The Hall–Kier alpha value is -2.12. The first kappa shape index (κ1) is 17.7. The van der Waals surface area contributed by atoms with Crippen LogP contribution in [-0.4, -0.2) is 56.1 Å². The maximum absolute atomic E-state index is 12.5. The molecule has 2 heterocycles. The molecule has 0 radical (unpaired) electrons. The van der Waals surface area contributed by atoms with Crippen LogP contribution in [0.4, 0.5) is 10.5 Å². The number of urea groups is 1. The maximum Gasteiger partial charge on any atom is 0.337 e. The molecule has 7 nitrogen and oxygen atoms in total. The van der Waals surface area contributed by atoms with Crippen molar-refractivity contribution in [3.05, 3.63) is 29.8 Å². The van der Waals surface area contributed by atoms with E-state index in [2.05, 4.69) is 10.1 Å². The van der Waals surface area contributed by atoms with Crippen LogP contribution < -0.4 is 5.32 Å². The summed E-state index contributed by atoms with van der Waals surface area (Å²) in [6, 6.07) is 6.48. The Morgan fingerprint density at radius 1 is 1.24 bits per heavy atom. The third kappa shape index (κ3) is 3.93. The standard InChI is InChI=1S/C18H24N2O5/c1-18(24-10-11-25-18)14-4-3-9-20(12-14)17(22)19-15-7-5-13(6-8-15)16(21)23-2/h5-8,14H,3-4,9-12H2,1-2H3,(H,19,22). The highest BCUT2D eigenvalue weighted by Crippen LogP contribution is 2.34. The molecule has 0 aromatic heterocycles. The number of anilines is 1. The van der Waals surface area contributed by atoms with Crippen molar-refractivity contribution in [1.29, 1.82) is 0 Å². The fraction of sp³-hybridized carbons (Fsp3) is 0.556. The molecule has 0 aliphatic carbocycles. The van der Waals surface area contributed by atoms with E-state index in [9.17, 15) is 9.59 Å². The molecule has 1 unspecified atom stereocenters. The monoisotopic (exact) mass is 348 g/mol. The zero-order valence-electron chi connectivity index (χ0n) is 14.6. The maximum atomic E-state index is 12.5. The molecule has 0 bridgehead atoms. The lowest BCUT2D eigenvalue weighted by Crippen LogP contribution is -2.49. The largest absolute Gasteiger partial charge is 0.465 e. The van der Waals surface area contributed by atoms with Crippen LogP contribution in [0, 0.1) is 5.92 Å². The fourth-order valence-electron chi connectivity index (χ4n) is 3.37. The molecule has 136 valence electrons. The lowest BCUT2D eigenvalue weighted by atomic mass is 9.90. The minimum absolute atomic E-state index is 0.155. The SMILES string of the molecule is COC(=O)c1ccc(NC(=O)N2CCCC(C3(C)OCCO3)C2)cc1. The minimum Gasteiger partial charge on any atom is -0.465 e. The number of carbonyl (C=O) groups excluding carboxylic acids is 2. The molecule has 2 aliphatic heterocycles.